The first kappa shape index (κ1) is 15.7. The fourth-order valence-electron chi connectivity index (χ4n) is 1.50. The Kier molecular flexibility index (Phi) is 6.57. The molecule has 1 rings (SSSR count). The van der Waals surface area contributed by atoms with Crippen LogP contribution in [-0.2, 0) is 4.74 Å². The highest BCUT2D eigenvalue weighted by Gasteiger charge is 2.12. The van der Waals surface area contributed by atoms with Gasteiger partial charge in [-0.1, -0.05) is 11.8 Å². The van der Waals surface area contributed by atoms with Crippen LogP contribution < -0.4 is 5.32 Å². The minimum absolute atomic E-state index is 0.00339. The van der Waals surface area contributed by atoms with Crippen molar-refractivity contribution in [2.75, 3.05) is 19.8 Å². The third-order valence-corrected chi connectivity index (χ3v) is 3.58. The minimum Gasteiger partial charge on any atom is -0.384 e. The molecule has 1 unspecified atom stereocenters. The van der Waals surface area contributed by atoms with Crippen LogP contribution >= 0.6 is 11.3 Å². The number of carbonyl (C=O) groups excluding carboxylic acids is 1. The van der Waals surface area contributed by atoms with Gasteiger partial charge in [0.15, 0.2) is 0 Å². The number of ether oxygens (including phenoxy) is 1. The van der Waals surface area contributed by atoms with Crippen LogP contribution in [0.1, 0.15) is 34.0 Å². The van der Waals surface area contributed by atoms with Crippen molar-refractivity contribution in [1.82, 2.24) is 5.32 Å². The van der Waals surface area contributed by atoms with E-state index < -0.39 is 0 Å². The van der Waals surface area contributed by atoms with Crippen LogP contribution in [0.3, 0.4) is 0 Å². The lowest BCUT2D eigenvalue weighted by atomic mass is 10.2. The van der Waals surface area contributed by atoms with Crippen molar-refractivity contribution < 1.29 is 14.6 Å². The molecule has 0 aliphatic carbocycles. The normalized spacial score (nSPS) is 11.6. The number of rotatable bonds is 5. The highest BCUT2D eigenvalue weighted by Crippen LogP contribution is 2.20. The largest absolute Gasteiger partial charge is 0.384 e. The summed E-state index contributed by atoms with van der Waals surface area (Å²) in [6.45, 7) is 6.69. The Morgan fingerprint density at radius 2 is 2.37 bits per heavy atom. The van der Waals surface area contributed by atoms with Crippen LogP contribution in [0.25, 0.3) is 0 Å². The summed E-state index contributed by atoms with van der Waals surface area (Å²) >= 11 is 1.33. The van der Waals surface area contributed by atoms with Gasteiger partial charge in [-0.25, -0.2) is 0 Å². The molecule has 0 saturated heterocycles. The molecule has 5 heteroatoms. The van der Waals surface area contributed by atoms with Crippen molar-refractivity contribution in [1.29, 1.82) is 0 Å². The van der Waals surface area contributed by atoms with E-state index in [1.54, 1.807) is 0 Å². The lowest BCUT2D eigenvalue weighted by Crippen LogP contribution is -2.31. The number of nitrogens with one attached hydrogen (secondary N) is 1. The molecule has 0 aliphatic rings. The third-order valence-electron chi connectivity index (χ3n) is 2.42. The van der Waals surface area contributed by atoms with Crippen LogP contribution in [0, 0.1) is 18.8 Å². The first-order chi connectivity index (χ1) is 9.08. The average Bonchev–Trinajstić information content (AvgIpc) is 2.75. The van der Waals surface area contributed by atoms with Gasteiger partial charge in [0.05, 0.1) is 15.9 Å². The van der Waals surface area contributed by atoms with Gasteiger partial charge in [0, 0.05) is 13.2 Å². The van der Waals surface area contributed by atoms with Gasteiger partial charge in [-0.2, -0.15) is 0 Å². The van der Waals surface area contributed by atoms with E-state index in [1.165, 1.54) is 11.3 Å². The molecule has 2 N–H and O–H groups in total. The highest BCUT2D eigenvalue weighted by molar-refractivity contribution is 7.14. The predicted molar refractivity (Wildman–Crippen MR) is 76.4 cm³/mol. The molecular formula is C14H19NO3S. The molecule has 19 heavy (non-hydrogen) atoms. The zero-order valence-corrected chi connectivity index (χ0v) is 12.3. The molecule has 1 amide bonds. The summed E-state index contributed by atoms with van der Waals surface area (Å²) in [5.74, 6) is 5.31. The molecule has 4 nitrogen and oxygen atoms in total. The molecule has 0 aliphatic heterocycles. The Morgan fingerprint density at radius 3 is 3.00 bits per heavy atom. The molecule has 1 atom stereocenters. The molecule has 1 heterocycles. The molecule has 1 aromatic rings. The van der Waals surface area contributed by atoms with E-state index in [2.05, 4.69) is 17.2 Å². The quantitative estimate of drug-likeness (QED) is 0.805. The summed E-state index contributed by atoms with van der Waals surface area (Å²) in [5.41, 5.74) is 0.953. The van der Waals surface area contributed by atoms with Crippen LogP contribution in [0.2, 0.25) is 0 Å². The van der Waals surface area contributed by atoms with Crippen molar-refractivity contribution in [2.45, 2.75) is 26.9 Å². The maximum Gasteiger partial charge on any atom is 0.261 e. The first-order valence-electron chi connectivity index (χ1n) is 6.18. The molecule has 0 aromatic carbocycles. The fourth-order valence-corrected chi connectivity index (χ4v) is 2.47. The lowest BCUT2D eigenvalue weighted by Gasteiger charge is -2.11. The number of carbonyl (C=O) groups is 1. The fraction of sp³-hybridized carbons (Fsp3) is 0.500. The second kappa shape index (κ2) is 7.95. The summed E-state index contributed by atoms with van der Waals surface area (Å²) in [4.78, 5) is 13.4. The van der Waals surface area contributed by atoms with Crippen molar-refractivity contribution >= 4 is 17.2 Å². The standard InChI is InChI=1S/C14H19NO3S/c1-4-18-11(3)9-15-14(17)13-8-10(2)12(19-13)6-5-7-16/h8,11,16H,4,7,9H2,1-3H3,(H,15,17). The number of aliphatic hydroxyl groups is 1. The Labute approximate surface area is 117 Å². The Hall–Kier alpha value is -1.35. The topological polar surface area (TPSA) is 58.6 Å². The monoisotopic (exact) mass is 281 g/mol. The minimum atomic E-state index is -0.176. The number of hydrogen-bond donors (Lipinski definition) is 2. The average molecular weight is 281 g/mol. The number of hydrogen-bond acceptors (Lipinski definition) is 4. The van der Waals surface area contributed by atoms with E-state index in [-0.39, 0.29) is 18.6 Å². The van der Waals surface area contributed by atoms with Gasteiger partial charge >= 0.3 is 0 Å². The van der Waals surface area contributed by atoms with Crippen molar-refractivity contribution in [3.8, 4) is 11.8 Å². The molecule has 0 spiro atoms. The second-order valence-electron chi connectivity index (χ2n) is 4.06. The van der Waals surface area contributed by atoms with E-state index in [0.717, 1.165) is 10.4 Å². The Morgan fingerprint density at radius 1 is 1.63 bits per heavy atom. The van der Waals surface area contributed by atoms with Gasteiger partial charge in [0.1, 0.15) is 6.61 Å². The highest BCUT2D eigenvalue weighted by atomic mass is 32.1. The SMILES string of the molecule is CCOC(C)CNC(=O)c1cc(C)c(C#CCO)s1. The van der Waals surface area contributed by atoms with E-state index in [4.69, 9.17) is 9.84 Å². The third kappa shape index (κ3) is 5.03. The molecule has 0 saturated carbocycles. The first-order valence-corrected chi connectivity index (χ1v) is 7.00. The van der Waals surface area contributed by atoms with Crippen LogP contribution in [0.15, 0.2) is 6.07 Å². The Bertz CT molecular complexity index is 485. The second-order valence-corrected chi connectivity index (χ2v) is 5.11. The van der Waals surface area contributed by atoms with Crippen LogP contribution in [0.5, 0.6) is 0 Å². The van der Waals surface area contributed by atoms with E-state index >= 15 is 0 Å². The zero-order chi connectivity index (χ0) is 14.3. The summed E-state index contributed by atoms with van der Waals surface area (Å²) < 4.78 is 5.35. The van der Waals surface area contributed by atoms with Gasteiger partial charge < -0.3 is 15.2 Å². The molecule has 1 aromatic heterocycles. The molecule has 0 bridgehead atoms. The summed E-state index contributed by atoms with van der Waals surface area (Å²) in [7, 11) is 0. The molecular weight excluding hydrogens is 262 g/mol. The smallest absolute Gasteiger partial charge is 0.261 e. The van der Waals surface area contributed by atoms with Crippen LogP contribution in [0.4, 0.5) is 0 Å². The van der Waals surface area contributed by atoms with Gasteiger partial charge in [-0.05, 0) is 32.4 Å². The summed E-state index contributed by atoms with van der Waals surface area (Å²) in [5, 5.41) is 11.5. The number of aliphatic hydroxyl groups excluding tert-OH is 1. The maximum atomic E-state index is 11.9. The van der Waals surface area contributed by atoms with E-state index in [9.17, 15) is 4.79 Å². The predicted octanol–water partition coefficient (Wildman–Crippen LogP) is 1.56. The van der Waals surface area contributed by atoms with Gasteiger partial charge in [-0.15, -0.1) is 11.3 Å². The number of amides is 1. The van der Waals surface area contributed by atoms with E-state index in [0.29, 0.717) is 18.0 Å². The number of thiophene rings is 1. The van der Waals surface area contributed by atoms with Crippen molar-refractivity contribution in [3.63, 3.8) is 0 Å². The van der Waals surface area contributed by atoms with Crippen molar-refractivity contribution in [3.05, 3.63) is 21.4 Å². The summed E-state index contributed by atoms with van der Waals surface area (Å²) in [6.07, 6.45) is 0.00339. The molecule has 0 radical (unpaired) electrons. The van der Waals surface area contributed by atoms with Crippen LogP contribution in [-0.4, -0.2) is 36.9 Å². The van der Waals surface area contributed by atoms with Gasteiger partial charge in [0.25, 0.3) is 5.91 Å². The molecule has 0 fully saturated rings. The Balaban J connectivity index is 2.62. The van der Waals surface area contributed by atoms with Crippen molar-refractivity contribution in [2.24, 2.45) is 0 Å². The zero-order valence-electron chi connectivity index (χ0n) is 11.4. The summed E-state index contributed by atoms with van der Waals surface area (Å²) in [6, 6.07) is 1.81. The molecule has 104 valence electrons. The maximum absolute atomic E-state index is 11.9. The van der Waals surface area contributed by atoms with Gasteiger partial charge in [-0.3, -0.25) is 4.79 Å². The lowest BCUT2D eigenvalue weighted by molar-refractivity contribution is 0.0696. The van der Waals surface area contributed by atoms with Gasteiger partial charge in [0.2, 0.25) is 0 Å². The number of aryl methyl sites for hydroxylation is 1. The van der Waals surface area contributed by atoms with E-state index in [1.807, 2.05) is 26.8 Å².